The predicted molar refractivity (Wildman–Crippen MR) is 91.8 cm³/mol. The van der Waals surface area contributed by atoms with Crippen LogP contribution in [0.2, 0.25) is 0 Å². The second-order valence-electron chi connectivity index (χ2n) is 6.75. The minimum Gasteiger partial charge on any atom is -0.352 e. The van der Waals surface area contributed by atoms with Crippen molar-refractivity contribution in [3.8, 4) is 0 Å². The number of hydrogen-bond acceptors (Lipinski definition) is 3. The zero-order valence-electron chi connectivity index (χ0n) is 13.8. The van der Waals surface area contributed by atoms with Gasteiger partial charge in [0, 0.05) is 31.7 Å². The first kappa shape index (κ1) is 16.2. The second kappa shape index (κ2) is 8.25. The van der Waals surface area contributed by atoms with Crippen molar-refractivity contribution in [2.75, 3.05) is 13.1 Å². The topological polar surface area (TPSA) is 45.2 Å². The monoisotopic (exact) mass is 313 g/mol. The van der Waals surface area contributed by atoms with Gasteiger partial charge in [-0.1, -0.05) is 17.7 Å². The first-order chi connectivity index (χ1) is 11.3. The lowest BCUT2D eigenvalue weighted by atomic mass is 9.96. The fraction of sp³-hybridized carbons (Fsp3) is 0.579. The lowest BCUT2D eigenvalue weighted by Crippen LogP contribution is -2.47. The van der Waals surface area contributed by atoms with Gasteiger partial charge in [-0.2, -0.15) is 0 Å². The first-order valence-corrected chi connectivity index (χ1v) is 8.89. The summed E-state index contributed by atoms with van der Waals surface area (Å²) < 4.78 is 0. The van der Waals surface area contributed by atoms with Gasteiger partial charge in [0.1, 0.15) is 0 Å². The zero-order chi connectivity index (χ0) is 15.9. The molecule has 1 aliphatic carbocycles. The number of likely N-dealkylation sites (tertiary alicyclic amines) is 1. The summed E-state index contributed by atoms with van der Waals surface area (Å²) in [6.07, 6.45) is 11.7. The third kappa shape index (κ3) is 5.17. The Morgan fingerprint density at radius 3 is 3.04 bits per heavy atom. The number of hydrogen-bond donors (Lipinski definition) is 1. The maximum Gasteiger partial charge on any atom is 0.224 e. The van der Waals surface area contributed by atoms with E-state index in [4.69, 9.17) is 0 Å². The van der Waals surface area contributed by atoms with Gasteiger partial charge >= 0.3 is 0 Å². The molecule has 1 amide bonds. The minimum atomic E-state index is 0.197. The molecule has 1 aromatic heterocycles. The molecule has 0 saturated carbocycles. The van der Waals surface area contributed by atoms with Gasteiger partial charge in [0.25, 0.3) is 0 Å². The van der Waals surface area contributed by atoms with E-state index in [1.165, 1.54) is 18.4 Å². The molecule has 1 aliphatic heterocycles. The lowest BCUT2D eigenvalue weighted by Gasteiger charge is -2.33. The lowest BCUT2D eigenvalue weighted by molar-refractivity contribution is -0.121. The number of aromatic nitrogens is 1. The van der Waals surface area contributed by atoms with E-state index in [1.807, 2.05) is 18.3 Å². The smallest absolute Gasteiger partial charge is 0.224 e. The highest BCUT2D eigenvalue weighted by molar-refractivity contribution is 5.78. The summed E-state index contributed by atoms with van der Waals surface area (Å²) in [5.41, 5.74) is 2.43. The van der Waals surface area contributed by atoms with Crippen LogP contribution in [0.4, 0.5) is 0 Å². The average Bonchev–Trinajstić information content (AvgIpc) is 2.57. The summed E-state index contributed by atoms with van der Waals surface area (Å²) in [5.74, 6) is 0.197. The third-order valence-electron chi connectivity index (χ3n) is 4.76. The molecule has 0 radical (unpaired) electrons. The average molecular weight is 313 g/mol. The maximum absolute atomic E-state index is 12.3. The fourth-order valence-corrected chi connectivity index (χ4v) is 3.59. The molecule has 1 saturated heterocycles. The molecular weight excluding hydrogens is 286 g/mol. The summed E-state index contributed by atoms with van der Waals surface area (Å²) >= 11 is 0. The molecule has 0 spiro atoms. The van der Waals surface area contributed by atoms with Crippen LogP contribution in [0.5, 0.6) is 0 Å². The molecule has 1 aromatic rings. The number of nitrogens with one attached hydrogen (secondary N) is 1. The van der Waals surface area contributed by atoms with Gasteiger partial charge in [0.2, 0.25) is 5.91 Å². The number of nitrogens with zero attached hydrogens (tertiary/aromatic N) is 2. The normalized spacial score (nSPS) is 22.4. The molecule has 1 fully saturated rings. The number of carbonyl (C=O) groups excluding carboxylic acids is 1. The Morgan fingerprint density at radius 1 is 1.30 bits per heavy atom. The van der Waals surface area contributed by atoms with E-state index in [9.17, 15) is 4.79 Å². The number of amides is 1. The van der Waals surface area contributed by atoms with Gasteiger partial charge in [-0.3, -0.25) is 14.7 Å². The van der Waals surface area contributed by atoms with Crippen LogP contribution < -0.4 is 5.32 Å². The molecule has 2 heterocycles. The van der Waals surface area contributed by atoms with Gasteiger partial charge < -0.3 is 5.32 Å². The summed E-state index contributed by atoms with van der Waals surface area (Å²) in [7, 11) is 0. The third-order valence-corrected chi connectivity index (χ3v) is 4.76. The van der Waals surface area contributed by atoms with E-state index in [1.54, 1.807) is 0 Å². The second-order valence-corrected chi connectivity index (χ2v) is 6.75. The first-order valence-electron chi connectivity index (χ1n) is 8.89. The molecule has 124 valence electrons. The Morgan fingerprint density at radius 2 is 2.26 bits per heavy atom. The molecule has 1 unspecified atom stereocenters. The molecular formula is C19H27N3O. The molecule has 0 aromatic carbocycles. The Balaban J connectivity index is 1.46. The Hall–Kier alpha value is -1.68. The van der Waals surface area contributed by atoms with Crippen LogP contribution >= 0.6 is 0 Å². The van der Waals surface area contributed by atoms with Crippen molar-refractivity contribution >= 4 is 5.91 Å². The highest BCUT2D eigenvalue weighted by atomic mass is 16.1. The molecule has 1 N–H and O–H groups in total. The molecule has 1 atom stereocenters. The standard InChI is InChI=1S/C19H27N3O/c23-19(13-16-7-2-1-3-8-16)21-18-10-6-12-22(15-18)14-17-9-4-5-11-20-17/h4-5,7,9,11,18H,1-3,6,8,10,12-15H2,(H,21,23). The van der Waals surface area contributed by atoms with Crippen LogP contribution in [0.3, 0.4) is 0 Å². The van der Waals surface area contributed by atoms with Crippen molar-refractivity contribution < 1.29 is 4.79 Å². The van der Waals surface area contributed by atoms with Gasteiger partial charge in [-0.15, -0.1) is 0 Å². The molecule has 0 bridgehead atoms. The van der Waals surface area contributed by atoms with Crippen LogP contribution in [-0.2, 0) is 11.3 Å². The quantitative estimate of drug-likeness (QED) is 0.850. The molecule has 4 heteroatoms. The van der Waals surface area contributed by atoms with Gasteiger partial charge in [-0.05, 0) is 57.2 Å². The van der Waals surface area contributed by atoms with E-state index in [2.05, 4.69) is 27.3 Å². The Labute approximate surface area is 139 Å². The van der Waals surface area contributed by atoms with Crippen LogP contribution in [0.1, 0.15) is 50.6 Å². The van der Waals surface area contributed by atoms with Crippen molar-refractivity contribution in [2.45, 2.75) is 57.5 Å². The van der Waals surface area contributed by atoms with E-state index in [0.29, 0.717) is 6.42 Å². The Bertz CT molecular complexity index is 541. The van der Waals surface area contributed by atoms with Crippen molar-refractivity contribution in [1.82, 2.24) is 15.2 Å². The van der Waals surface area contributed by atoms with Gasteiger partial charge in [0.15, 0.2) is 0 Å². The summed E-state index contributed by atoms with van der Waals surface area (Å²) in [6.45, 7) is 2.90. The van der Waals surface area contributed by atoms with E-state index in [-0.39, 0.29) is 11.9 Å². The molecule has 4 nitrogen and oxygen atoms in total. The molecule has 23 heavy (non-hydrogen) atoms. The maximum atomic E-state index is 12.3. The minimum absolute atomic E-state index is 0.197. The van der Waals surface area contributed by atoms with Crippen LogP contribution in [0, 0.1) is 0 Å². The Kier molecular flexibility index (Phi) is 5.81. The number of allylic oxidation sites excluding steroid dienone is 1. The van der Waals surface area contributed by atoms with Crippen molar-refractivity contribution in [1.29, 1.82) is 0 Å². The van der Waals surface area contributed by atoms with Crippen LogP contribution in [0.25, 0.3) is 0 Å². The number of pyridine rings is 1. The summed E-state index contributed by atoms with van der Waals surface area (Å²) in [5, 5.41) is 3.24. The van der Waals surface area contributed by atoms with E-state index in [0.717, 1.165) is 51.0 Å². The van der Waals surface area contributed by atoms with Crippen molar-refractivity contribution in [3.05, 3.63) is 41.7 Å². The van der Waals surface area contributed by atoms with E-state index < -0.39 is 0 Å². The SMILES string of the molecule is O=C(CC1=CCCCC1)NC1CCCN(Cc2ccccn2)C1. The zero-order valence-corrected chi connectivity index (χ0v) is 13.8. The highest BCUT2D eigenvalue weighted by Gasteiger charge is 2.22. The summed E-state index contributed by atoms with van der Waals surface area (Å²) in [4.78, 5) is 19.1. The number of piperidine rings is 1. The molecule has 3 rings (SSSR count). The largest absolute Gasteiger partial charge is 0.352 e. The fourth-order valence-electron chi connectivity index (χ4n) is 3.59. The van der Waals surface area contributed by atoms with Crippen LogP contribution in [-0.4, -0.2) is 34.9 Å². The molecule has 2 aliphatic rings. The predicted octanol–water partition coefficient (Wildman–Crippen LogP) is 3.05. The number of rotatable bonds is 5. The van der Waals surface area contributed by atoms with Crippen LogP contribution in [0.15, 0.2) is 36.0 Å². The number of carbonyl (C=O) groups is 1. The van der Waals surface area contributed by atoms with Gasteiger partial charge in [0.05, 0.1) is 5.69 Å². The van der Waals surface area contributed by atoms with E-state index >= 15 is 0 Å². The van der Waals surface area contributed by atoms with Crippen molar-refractivity contribution in [3.63, 3.8) is 0 Å². The highest BCUT2D eigenvalue weighted by Crippen LogP contribution is 2.20. The van der Waals surface area contributed by atoms with Gasteiger partial charge in [-0.25, -0.2) is 0 Å². The summed E-state index contributed by atoms with van der Waals surface area (Å²) in [6, 6.07) is 6.33. The van der Waals surface area contributed by atoms with Crippen molar-refractivity contribution in [2.24, 2.45) is 0 Å².